The van der Waals surface area contributed by atoms with Crippen molar-refractivity contribution >= 4 is 75.2 Å². The number of nitrogens with one attached hydrogen (secondary N) is 2. The number of carbonyl (C=O) groups excluding carboxylic acids is 3. The number of likely N-dealkylation sites (tertiary alicyclic amines) is 1. The minimum absolute atomic E-state index is 0.0114. The first-order valence-corrected chi connectivity index (χ1v) is 18.9. The molecule has 280 valence electrons. The lowest BCUT2D eigenvalue weighted by atomic mass is 10.0. The number of aromatic nitrogens is 1. The number of thiazole rings is 1. The Balaban J connectivity index is 1.33. The number of amides is 3. The molecule has 0 bridgehead atoms. The molecule has 1 aromatic heterocycles. The number of carboxylic acid groups (broad SMARTS) is 2. The second-order valence-corrected chi connectivity index (χ2v) is 15.8. The molecule has 0 spiro atoms. The van der Waals surface area contributed by atoms with Crippen LogP contribution in [0.4, 0.5) is 5.13 Å². The van der Waals surface area contributed by atoms with Crippen LogP contribution in [0.5, 0.6) is 5.75 Å². The van der Waals surface area contributed by atoms with Gasteiger partial charge in [-0.05, 0) is 58.1 Å². The number of carbonyl (C=O) groups is 5. The number of oxime groups is 1. The number of thioether (sulfide) groups is 1. The van der Waals surface area contributed by atoms with Crippen LogP contribution in [-0.4, -0.2) is 121 Å². The lowest BCUT2D eigenvalue weighted by molar-refractivity contribution is -0.922. The number of phenolic OH excluding ortho intramolecular Hbond substituents is 1. The summed E-state index contributed by atoms with van der Waals surface area (Å²) in [6.45, 7) is 6.80. The predicted octanol–water partition coefficient (Wildman–Crippen LogP) is 2.54. The molecule has 4 heterocycles. The first-order chi connectivity index (χ1) is 24.5. The highest BCUT2D eigenvalue weighted by molar-refractivity contribution is 8.00. The second kappa shape index (κ2) is 15.7. The molecule has 2 fully saturated rings. The predicted molar refractivity (Wildman–Crippen MR) is 194 cm³/mol. The van der Waals surface area contributed by atoms with Crippen molar-refractivity contribution in [3.05, 3.63) is 50.6 Å². The van der Waals surface area contributed by atoms with Crippen molar-refractivity contribution in [3.63, 3.8) is 0 Å². The summed E-state index contributed by atoms with van der Waals surface area (Å²) in [4.78, 5) is 74.8. The van der Waals surface area contributed by atoms with E-state index in [0.717, 1.165) is 50.1 Å². The molecule has 16 nitrogen and oxygen atoms in total. The van der Waals surface area contributed by atoms with Crippen LogP contribution in [-0.2, 0) is 24.0 Å². The molecule has 52 heavy (non-hydrogen) atoms. The monoisotopic (exact) mass is 778 g/mol. The van der Waals surface area contributed by atoms with Gasteiger partial charge in [0.15, 0.2) is 10.8 Å². The molecule has 3 aliphatic heterocycles. The number of aliphatic carboxylic acids is 2. The molecule has 2 saturated heterocycles. The summed E-state index contributed by atoms with van der Waals surface area (Å²) in [5.74, 6) is -4.40. The summed E-state index contributed by atoms with van der Waals surface area (Å²) in [5, 5.41) is 40.1. The smallest absolute Gasteiger partial charge is 0.352 e. The zero-order valence-electron chi connectivity index (χ0n) is 28.8. The van der Waals surface area contributed by atoms with Gasteiger partial charge in [-0.3, -0.25) is 19.3 Å². The number of hydrogen-bond donors (Lipinski definition) is 6. The van der Waals surface area contributed by atoms with Gasteiger partial charge < -0.3 is 41.0 Å². The van der Waals surface area contributed by atoms with E-state index in [1.807, 2.05) is 0 Å². The number of hydrogen-bond acceptors (Lipinski definition) is 12. The van der Waals surface area contributed by atoms with Crippen LogP contribution in [0.25, 0.3) is 0 Å². The van der Waals surface area contributed by atoms with Gasteiger partial charge in [-0.1, -0.05) is 22.8 Å². The lowest BCUT2D eigenvalue weighted by Crippen LogP contribution is -2.71. The number of nitrogen functional groups attached to an aromatic ring is 1. The molecule has 0 unspecified atom stereocenters. The topological polar surface area (TPSA) is 234 Å². The maximum absolute atomic E-state index is 13.6. The van der Waals surface area contributed by atoms with Crippen LogP contribution in [0.3, 0.4) is 0 Å². The maximum Gasteiger partial charge on any atom is 0.352 e. The van der Waals surface area contributed by atoms with E-state index in [1.54, 1.807) is 19.1 Å². The van der Waals surface area contributed by atoms with E-state index >= 15 is 0 Å². The van der Waals surface area contributed by atoms with Gasteiger partial charge >= 0.3 is 11.9 Å². The van der Waals surface area contributed by atoms with Gasteiger partial charge in [0, 0.05) is 16.7 Å². The molecule has 3 amide bonds. The average Bonchev–Trinajstić information content (AvgIpc) is 3.38. The van der Waals surface area contributed by atoms with Crippen LogP contribution in [0.15, 0.2) is 33.9 Å². The Hall–Kier alpha value is -4.39. The van der Waals surface area contributed by atoms with Gasteiger partial charge in [-0.15, -0.1) is 23.1 Å². The Morgan fingerprint density at radius 1 is 1.17 bits per heavy atom. The normalized spacial score (nSPS) is 20.3. The maximum atomic E-state index is 13.6. The van der Waals surface area contributed by atoms with E-state index in [2.05, 4.69) is 20.8 Å². The third-order valence-electron chi connectivity index (χ3n) is 9.37. The number of halogens is 1. The number of carboxylic acids is 2. The molecule has 1 aromatic carbocycles. The summed E-state index contributed by atoms with van der Waals surface area (Å²) in [7, 11) is 0. The molecule has 2 atom stereocenters. The molecule has 3 aliphatic rings. The zero-order chi connectivity index (χ0) is 38.0. The fourth-order valence-corrected chi connectivity index (χ4v) is 8.56. The fraction of sp³-hybridized carbons (Fsp3) is 0.485. The molecule has 19 heteroatoms. The van der Waals surface area contributed by atoms with E-state index in [1.165, 1.54) is 35.9 Å². The van der Waals surface area contributed by atoms with E-state index in [0.29, 0.717) is 28.7 Å². The van der Waals surface area contributed by atoms with Gasteiger partial charge in [0.25, 0.3) is 17.7 Å². The van der Waals surface area contributed by atoms with Crippen molar-refractivity contribution in [1.29, 1.82) is 0 Å². The molecular weight excluding hydrogens is 738 g/mol. The van der Waals surface area contributed by atoms with Gasteiger partial charge in [0.1, 0.15) is 35.1 Å². The Kier molecular flexibility index (Phi) is 11.7. The van der Waals surface area contributed by atoms with Crippen LogP contribution in [0.2, 0.25) is 5.02 Å². The number of aryl methyl sites for hydroxylation is 1. The summed E-state index contributed by atoms with van der Waals surface area (Å²) in [6, 6.07) is 2.06. The number of nitrogens with zero attached hydrogens (tertiary/aromatic N) is 4. The molecule has 2 aromatic rings. The highest BCUT2D eigenvalue weighted by atomic mass is 35.5. The second-order valence-electron chi connectivity index (χ2n) is 13.5. The molecule has 5 rings (SSSR count). The molecular formula is C33H41ClN7O9S2+. The lowest BCUT2D eigenvalue weighted by Gasteiger charge is -2.50. The summed E-state index contributed by atoms with van der Waals surface area (Å²) in [6.07, 6.45) is 3.87. The Morgan fingerprint density at radius 3 is 2.48 bits per heavy atom. The fourth-order valence-electron chi connectivity index (χ4n) is 6.38. The highest BCUT2D eigenvalue weighted by Gasteiger charge is 2.55. The third-order valence-corrected chi connectivity index (χ3v) is 11.8. The number of anilines is 1. The standard InChI is InChI=1S/C33H40ClN7O9S2/c1-17-8-9-19(21(34)25(17)42)26(43)36-10-13-41(11-6-4-5-7-12-41)14-18-15-51-29-23(28(45)40(29)24(18)30(46)47)38-27(44)22(20-16-52-32(35)37-20)39-50-33(2,3)31(48)49/h8-9,16,23,29H,4-7,10-15H2,1-3H3,(H6-,35,36,37,38,42,43,44,46,47,48,49)/p+1/b39-22-/t23-,29-/m1/s1. The summed E-state index contributed by atoms with van der Waals surface area (Å²) < 4.78 is 0.510. The van der Waals surface area contributed by atoms with Crippen LogP contribution in [0, 0.1) is 6.92 Å². The van der Waals surface area contributed by atoms with Crippen molar-refractivity contribution in [2.24, 2.45) is 5.16 Å². The van der Waals surface area contributed by atoms with Crippen LogP contribution >= 0.6 is 34.7 Å². The van der Waals surface area contributed by atoms with Gasteiger partial charge in [0.2, 0.25) is 5.60 Å². The quantitative estimate of drug-likeness (QED) is 0.0746. The largest absolute Gasteiger partial charge is 0.506 e. The van der Waals surface area contributed by atoms with E-state index in [4.69, 9.17) is 22.2 Å². The molecule has 0 radical (unpaired) electrons. The Labute approximate surface area is 312 Å². The number of rotatable bonds is 13. The van der Waals surface area contributed by atoms with Gasteiger partial charge in [0.05, 0.1) is 36.8 Å². The average molecular weight is 779 g/mol. The first kappa shape index (κ1) is 38.8. The van der Waals surface area contributed by atoms with Gasteiger partial charge in [-0.25, -0.2) is 14.6 Å². The highest BCUT2D eigenvalue weighted by Crippen LogP contribution is 2.41. The van der Waals surface area contributed by atoms with Gasteiger partial charge in [-0.2, -0.15) is 0 Å². The number of quaternary nitrogens is 1. The van der Waals surface area contributed by atoms with Crippen molar-refractivity contribution in [2.45, 2.75) is 63.5 Å². The third kappa shape index (κ3) is 8.14. The number of benzene rings is 1. The Bertz CT molecular complexity index is 1840. The number of fused-ring (bicyclic) bond motifs is 1. The number of nitrogens with two attached hydrogens (primary N) is 1. The van der Waals surface area contributed by atoms with E-state index in [-0.39, 0.29) is 45.2 Å². The zero-order valence-corrected chi connectivity index (χ0v) is 31.2. The molecule has 7 N–H and O–H groups in total. The molecule has 0 aliphatic carbocycles. The van der Waals surface area contributed by atoms with Crippen molar-refractivity contribution < 1.29 is 48.6 Å². The summed E-state index contributed by atoms with van der Waals surface area (Å²) >= 11 is 8.58. The Morgan fingerprint density at radius 2 is 1.87 bits per heavy atom. The van der Waals surface area contributed by atoms with Crippen molar-refractivity contribution in [2.75, 3.05) is 44.2 Å². The number of β-lactam (4-membered cyclic amide) rings is 1. The van der Waals surface area contributed by atoms with Crippen LogP contribution < -0.4 is 16.4 Å². The molecule has 0 saturated carbocycles. The first-order valence-electron chi connectivity index (χ1n) is 16.6. The number of aromatic hydroxyl groups is 1. The minimum Gasteiger partial charge on any atom is -0.506 e. The van der Waals surface area contributed by atoms with Crippen LogP contribution in [0.1, 0.15) is 61.1 Å². The summed E-state index contributed by atoms with van der Waals surface area (Å²) in [5.41, 5.74) is 4.73. The number of phenols is 1. The minimum atomic E-state index is -1.79. The van der Waals surface area contributed by atoms with E-state index < -0.39 is 52.4 Å². The SMILES string of the molecule is Cc1ccc(C(=O)NCC[N+]2(CC3=C(C(=O)O)N4C(=O)[C@@H](NC(=O)/C(=N\OC(C)(C)C(=O)O)c5csc(N)n5)[C@H]4SC3)CCCCCC2)c(Cl)c1O. The van der Waals surface area contributed by atoms with E-state index in [9.17, 15) is 39.3 Å². The van der Waals surface area contributed by atoms with Crippen molar-refractivity contribution in [1.82, 2.24) is 20.5 Å². The van der Waals surface area contributed by atoms with Crippen molar-refractivity contribution in [3.8, 4) is 5.75 Å².